The highest BCUT2D eigenvalue weighted by Crippen LogP contribution is 2.38. The number of nitrogens with one attached hydrogen (secondary N) is 2. The normalized spacial score (nSPS) is 20.2. The SMILES string of the molecule is COc1ccc(-c2ncnc3c(C(=O)N[C@H]4CN(C(=O)[C@H](C)O)C[C@@H]4O)c(C)[nH]c23)c(OCC2CC2)c1. The van der Waals surface area contributed by atoms with Crippen LogP contribution < -0.4 is 14.8 Å². The molecule has 0 unspecified atom stereocenters. The number of aliphatic hydroxyl groups excluding tert-OH is 2. The quantitative estimate of drug-likeness (QED) is 0.356. The van der Waals surface area contributed by atoms with Crippen LogP contribution in [0.2, 0.25) is 0 Å². The minimum absolute atomic E-state index is 0.0367. The number of aromatic amines is 1. The van der Waals surface area contributed by atoms with Crippen molar-refractivity contribution in [3.63, 3.8) is 0 Å². The number of fused-ring (bicyclic) bond motifs is 1. The molecule has 37 heavy (non-hydrogen) atoms. The molecule has 0 spiro atoms. The largest absolute Gasteiger partial charge is 0.497 e. The van der Waals surface area contributed by atoms with Gasteiger partial charge in [-0.1, -0.05) is 0 Å². The molecule has 4 N–H and O–H groups in total. The molecule has 1 aliphatic heterocycles. The Bertz CT molecular complexity index is 1330. The summed E-state index contributed by atoms with van der Waals surface area (Å²) in [6.45, 7) is 3.90. The number of benzene rings is 1. The Morgan fingerprint density at radius 1 is 1.27 bits per heavy atom. The van der Waals surface area contributed by atoms with E-state index in [1.165, 1.54) is 18.2 Å². The second kappa shape index (κ2) is 9.98. The zero-order valence-corrected chi connectivity index (χ0v) is 21.0. The zero-order valence-electron chi connectivity index (χ0n) is 21.0. The van der Waals surface area contributed by atoms with E-state index in [4.69, 9.17) is 9.47 Å². The molecule has 3 heterocycles. The predicted molar refractivity (Wildman–Crippen MR) is 134 cm³/mol. The van der Waals surface area contributed by atoms with E-state index in [0.717, 1.165) is 18.4 Å². The first-order chi connectivity index (χ1) is 17.8. The fourth-order valence-electron chi connectivity index (χ4n) is 4.65. The number of rotatable bonds is 8. The van der Waals surface area contributed by atoms with Crippen LogP contribution >= 0.6 is 0 Å². The van der Waals surface area contributed by atoms with Crippen molar-refractivity contribution in [2.45, 2.75) is 44.9 Å². The Morgan fingerprint density at radius 2 is 2.05 bits per heavy atom. The third-order valence-corrected chi connectivity index (χ3v) is 6.89. The lowest BCUT2D eigenvalue weighted by molar-refractivity contribution is -0.138. The minimum atomic E-state index is -1.18. The summed E-state index contributed by atoms with van der Waals surface area (Å²) < 4.78 is 11.5. The molecule has 1 saturated carbocycles. The number of β-amino-alcohol motifs (C(OH)–C–C–N with tert-alkyl or cyclic N) is 1. The first kappa shape index (κ1) is 25.0. The van der Waals surface area contributed by atoms with Gasteiger partial charge >= 0.3 is 0 Å². The molecule has 1 aliphatic carbocycles. The van der Waals surface area contributed by atoms with E-state index >= 15 is 0 Å². The number of aliphatic hydroxyl groups is 2. The molecule has 2 aromatic heterocycles. The van der Waals surface area contributed by atoms with Gasteiger partial charge in [0.2, 0.25) is 0 Å². The molecule has 2 amide bonds. The number of aryl methyl sites for hydroxylation is 1. The lowest BCUT2D eigenvalue weighted by atomic mass is 10.1. The van der Waals surface area contributed by atoms with Gasteiger partial charge in [0.05, 0.1) is 36.9 Å². The molecule has 2 aliphatic rings. The number of methoxy groups -OCH3 is 1. The molecule has 0 radical (unpaired) electrons. The standard InChI is InChI=1S/C26H31N5O6/c1-13-21(25(34)30-18-9-31(10-19(18)33)26(35)14(2)32)23-24(29-13)22(27-12-28-23)17-7-6-16(36-3)8-20(17)37-11-15-4-5-15/h6-8,12,14-15,18-19,29,32-33H,4-5,9-11H2,1-3H3,(H,30,34)/t14-,18-,19-/m0/s1. The van der Waals surface area contributed by atoms with Gasteiger partial charge in [-0.25, -0.2) is 9.97 Å². The Morgan fingerprint density at radius 3 is 2.76 bits per heavy atom. The van der Waals surface area contributed by atoms with E-state index in [0.29, 0.717) is 52.0 Å². The molecule has 1 saturated heterocycles. The highest BCUT2D eigenvalue weighted by molar-refractivity contribution is 6.09. The monoisotopic (exact) mass is 509 g/mol. The van der Waals surface area contributed by atoms with Crippen molar-refractivity contribution in [1.82, 2.24) is 25.2 Å². The van der Waals surface area contributed by atoms with Gasteiger partial charge in [-0.05, 0) is 44.7 Å². The topological polar surface area (TPSA) is 150 Å². The molecule has 11 nitrogen and oxygen atoms in total. The maximum atomic E-state index is 13.3. The molecular weight excluding hydrogens is 478 g/mol. The second-order valence-electron chi connectivity index (χ2n) is 9.75. The summed E-state index contributed by atoms with van der Waals surface area (Å²) >= 11 is 0. The van der Waals surface area contributed by atoms with Crippen molar-refractivity contribution in [1.29, 1.82) is 0 Å². The summed E-state index contributed by atoms with van der Waals surface area (Å²) in [4.78, 5) is 38.9. The van der Waals surface area contributed by atoms with Gasteiger partial charge in [0.1, 0.15) is 35.1 Å². The van der Waals surface area contributed by atoms with Gasteiger partial charge in [0.25, 0.3) is 11.8 Å². The predicted octanol–water partition coefficient (Wildman–Crippen LogP) is 1.41. The van der Waals surface area contributed by atoms with Crippen LogP contribution in [0, 0.1) is 12.8 Å². The van der Waals surface area contributed by atoms with E-state index < -0.39 is 30.1 Å². The van der Waals surface area contributed by atoms with Gasteiger partial charge < -0.3 is 34.9 Å². The number of hydrogen-bond donors (Lipinski definition) is 4. The van der Waals surface area contributed by atoms with Gasteiger partial charge in [-0.15, -0.1) is 0 Å². The van der Waals surface area contributed by atoms with Crippen LogP contribution in [0.1, 0.15) is 35.8 Å². The van der Waals surface area contributed by atoms with Gasteiger partial charge in [-0.2, -0.15) is 0 Å². The van der Waals surface area contributed by atoms with Crippen molar-refractivity contribution in [2.24, 2.45) is 5.92 Å². The van der Waals surface area contributed by atoms with Crippen LogP contribution in [0.5, 0.6) is 11.5 Å². The zero-order chi connectivity index (χ0) is 26.3. The van der Waals surface area contributed by atoms with Crippen molar-refractivity contribution in [2.75, 3.05) is 26.8 Å². The summed E-state index contributed by atoms with van der Waals surface area (Å²) in [5.41, 5.74) is 3.29. The third kappa shape index (κ3) is 4.96. The van der Waals surface area contributed by atoms with Crippen LogP contribution in [-0.4, -0.2) is 86.9 Å². The second-order valence-corrected chi connectivity index (χ2v) is 9.75. The number of likely N-dealkylation sites (tertiary alicyclic amines) is 1. The Kier molecular flexibility index (Phi) is 6.74. The Labute approximate surface area is 213 Å². The molecule has 2 fully saturated rings. The van der Waals surface area contributed by atoms with Gasteiger partial charge in [0.15, 0.2) is 0 Å². The summed E-state index contributed by atoms with van der Waals surface area (Å²) in [5.74, 6) is 0.951. The van der Waals surface area contributed by atoms with E-state index in [2.05, 4.69) is 20.3 Å². The minimum Gasteiger partial charge on any atom is -0.497 e. The fraction of sp³-hybridized carbons (Fsp3) is 0.462. The molecule has 3 atom stereocenters. The molecule has 1 aromatic carbocycles. The summed E-state index contributed by atoms with van der Waals surface area (Å²) in [6, 6.07) is 4.86. The molecule has 11 heteroatoms. The van der Waals surface area contributed by atoms with Gasteiger partial charge in [-0.3, -0.25) is 9.59 Å². The number of amides is 2. The van der Waals surface area contributed by atoms with Crippen molar-refractivity contribution < 1.29 is 29.3 Å². The smallest absolute Gasteiger partial charge is 0.255 e. The van der Waals surface area contributed by atoms with Gasteiger partial charge in [0, 0.05) is 30.4 Å². The number of ether oxygens (including phenoxy) is 2. The first-order valence-electron chi connectivity index (χ1n) is 12.4. The number of carbonyl (C=O) groups is 2. The number of H-pyrrole nitrogens is 1. The number of aromatic nitrogens is 3. The highest BCUT2D eigenvalue weighted by atomic mass is 16.5. The lowest BCUT2D eigenvalue weighted by Gasteiger charge is -2.18. The molecule has 196 valence electrons. The van der Waals surface area contributed by atoms with E-state index in [1.807, 2.05) is 18.2 Å². The van der Waals surface area contributed by atoms with E-state index in [-0.39, 0.29) is 13.1 Å². The molecule has 0 bridgehead atoms. The van der Waals surface area contributed by atoms with Crippen LogP contribution in [0.15, 0.2) is 24.5 Å². The molecular formula is C26H31N5O6. The average molecular weight is 510 g/mol. The summed E-state index contributed by atoms with van der Waals surface area (Å²) in [6.07, 6.45) is 1.60. The maximum Gasteiger partial charge on any atom is 0.255 e. The number of hydrogen-bond acceptors (Lipinski definition) is 8. The summed E-state index contributed by atoms with van der Waals surface area (Å²) in [5, 5.41) is 22.8. The fourth-order valence-corrected chi connectivity index (χ4v) is 4.65. The molecule has 5 rings (SSSR count). The number of carbonyl (C=O) groups excluding carboxylic acids is 2. The molecule has 3 aromatic rings. The lowest BCUT2D eigenvalue weighted by Crippen LogP contribution is -2.43. The van der Waals surface area contributed by atoms with Crippen molar-refractivity contribution in [3.05, 3.63) is 35.8 Å². The Balaban J connectivity index is 1.44. The van der Waals surface area contributed by atoms with E-state index in [9.17, 15) is 19.8 Å². The number of nitrogens with zero attached hydrogens (tertiary/aromatic N) is 3. The van der Waals surface area contributed by atoms with Crippen LogP contribution in [-0.2, 0) is 4.79 Å². The van der Waals surface area contributed by atoms with Crippen LogP contribution in [0.25, 0.3) is 22.3 Å². The van der Waals surface area contributed by atoms with Crippen LogP contribution in [0.4, 0.5) is 0 Å². The Hall–Kier alpha value is -3.70. The first-order valence-corrected chi connectivity index (χ1v) is 12.4. The van der Waals surface area contributed by atoms with Crippen molar-refractivity contribution in [3.8, 4) is 22.8 Å². The van der Waals surface area contributed by atoms with Crippen molar-refractivity contribution >= 4 is 22.8 Å². The van der Waals surface area contributed by atoms with Crippen LogP contribution in [0.3, 0.4) is 0 Å². The average Bonchev–Trinajstić information content (AvgIpc) is 3.55. The van der Waals surface area contributed by atoms with E-state index in [1.54, 1.807) is 14.0 Å². The maximum absolute atomic E-state index is 13.3. The highest BCUT2D eigenvalue weighted by Gasteiger charge is 2.37. The summed E-state index contributed by atoms with van der Waals surface area (Å²) in [7, 11) is 1.60. The third-order valence-electron chi connectivity index (χ3n) is 6.89.